The number of nitrogens with zero attached hydrogens (tertiary/aromatic N) is 2. The van der Waals surface area contributed by atoms with E-state index >= 15 is 0 Å². The third-order valence-electron chi connectivity index (χ3n) is 9.20. The predicted molar refractivity (Wildman–Crippen MR) is 183 cm³/mol. The molecule has 6 heterocycles. The van der Waals surface area contributed by atoms with Gasteiger partial charge in [-0.1, -0.05) is 0 Å². The fraction of sp³-hybridized carbons (Fsp3) is 0.128. The molecule has 0 atom stereocenters. The summed E-state index contributed by atoms with van der Waals surface area (Å²) in [7, 11) is 4.85. The highest BCUT2D eigenvalue weighted by Crippen LogP contribution is 2.40. The number of aromatic hydroxyl groups is 1. The summed E-state index contributed by atoms with van der Waals surface area (Å²) in [6.45, 7) is 0.532. The molecule has 0 saturated carbocycles. The zero-order chi connectivity index (χ0) is 33.2. The van der Waals surface area contributed by atoms with E-state index in [-0.39, 0.29) is 44.1 Å². The smallest absolute Gasteiger partial charge is 0.231 e. The number of pyridine rings is 4. The van der Waals surface area contributed by atoms with Gasteiger partial charge >= 0.3 is 0 Å². The van der Waals surface area contributed by atoms with Crippen molar-refractivity contribution < 1.29 is 71.9 Å². The number of hydrogen-bond acceptors (Lipinski definition) is 8. The molecule has 10 rings (SSSR count). The van der Waals surface area contributed by atoms with Crippen LogP contribution in [0, 0.1) is 0 Å². The van der Waals surface area contributed by atoms with E-state index in [9.17, 15) is 5.11 Å². The summed E-state index contributed by atoms with van der Waals surface area (Å²) in [5.41, 5.74) is 2.12. The molecular weight excluding hydrogens is 695 g/mol. The molecule has 51 heavy (non-hydrogen) atoms. The number of phenols is 1. The van der Waals surface area contributed by atoms with Crippen molar-refractivity contribution in [3.63, 3.8) is 0 Å². The van der Waals surface area contributed by atoms with Crippen LogP contribution >= 0.6 is 0 Å². The third-order valence-corrected chi connectivity index (χ3v) is 9.20. The molecule has 2 aliphatic heterocycles. The van der Waals surface area contributed by atoms with Gasteiger partial charge in [-0.2, -0.15) is 8.80 Å². The van der Waals surface area contributed by atoms with Gasteiger partial charge in [0.25, 0.3) is 0 Å². The van der Waals surface area contributed by atoms with Crippen molar-refractivity contribution in [3.8, 4) is 46.0 Å². The largest absolute Gasteiger partial charge is 1.00 e. The number of halogens is 2. The predicted octanol–water partition coefficient (Wildman–Crippen LogP) is 0.660. The minimum absolute atomic E-state index is 0. The summed E-state index contributed by atoms with van der Waals surface area (Å²) < 4.78 is 42.2. The maximum Gasteiger partial charge on any atom is 0.231 e. The number of aromatic nitrogens is 2. The van der Waals surface area contributed by atoms with Gasteiger partial charge in [0.05, 0.1) is 42.9 Å². The summed E-state index contributed by atoms with van der Waals surface area (Å²) in [5, 5.41) is 18.5. The highest BCUT2D eigenvalue weighted by Gasteiger charge is 2.21. The molecule has 0 unspecified atom stereocenters. The lowest BCUT2D eigenvalue weighted by atomic mass is 10.1. The molecule has 0 radical (unpaired) electrons. The lowest BCUT2D eigenvalue weighted by Gasteiger charge is -2.10. The Bertz CT molecular complexity index is 2670. The van der Waals surface area contributed by atoms with E-state index in [0.717, 1.165) is 88.6 Å². The molecule has 258 valence electrons. The lowest BCUT2D eigenvalue weighted by Crippen LogP contribution is -3.00. The van der Waals surface area contributed by atoms with Crippen molar-refractivity contribution in [2.45, 2.75) is 0 Å². The Morgan fingerprint density at radius 2 is 0.961 bits per heavy atom. The average molecular weight is 726 g/mol. The molecule has 4 aromatic carbocycles. The molecular formula is C39H30Cl2N2O8. The Hall–Kier alpha value is -5.84. The first-order chi connectivity index (χ1) is 24.0. The quantitative estimate of drug-likeness (QED) is 0.162. The van der Waals surface area contributed by atoms with E-state index in [1.54, 1.807) is 27.4 Å². The van der Waals surface area contributed by atoms with Crippen LogP contribution in [0.15, 0.2) is 97.6 Å². The zero-order valence-electron chi connectivity index (χ0n) is 27.6. The zero-order valence-corrected chi connectivity index (χ0v) is 29.1. The topological polar surface area (TPSA) is 93.0 Å². The van der Waals surface area contributed by atoms with Crippen molar-refractivity contribution in [1.29, 1.82) is 0 Å². The monoisotopic (exact) mass is 724 g/mol. The average Bonchev–Trinajstić information content (AvgIpc) is 3.80. The molecule has 10 nitrogen and oxygen atoms in total. The number of hydrogen-bond donors (Lipinski definition) is 1. The van der Waals surface area contributed by atoms with Crippen LogP contribution in [0.25, 0.3) is 54.1 Å². The molecule has 1 N–H and O–H groups in total. The third kappa shape index (κ3) is 5.44. The van der Waals surface area contributed by atoms with E-state index in [0.29, 0.717) is 5.75 Å². The van der Waals surface area contributed by atoms with E-state index in [1.165, 1.54) is 0 Å². The molecule has 8 aromatic rings. The van der Waals surface area contributed by atoms with Crippen molar-refractivity contribution >= 4 is 54.1 Å². The first kappa shape index (κ1) is 33.6. The maximum absolute atomic E-state index is 10.4. The summed E-state index contributed by atoms with van der Waals surface area (Å²) in [6.07, 6.45) is 7.99. The Morgan fingerprint density at radius 3 is 1.47 bits per heavy atom. The highest BCUT2D eigenvalue weighted by molar-refractivity contribution is 6.01. The van der Waals surface area contributed by atoms with Crippen molar-refractivity contribution in [2.24, 2.45) is 0 Å². The molecule has 0 saturated heterocycles. The second-order valence-corrected chi connectivity index (χ2v) is 11.8. The first-order valence-corrected chi connectivity index (χ1v) is 15.6. The van der Waals surface area contributed by atoms with Crippen molar-refractivity contribution in [2.75, 3.05) is 34.9 Å². The molecule has 0 amide bonds. The van der Waals surface area contributed by atoms with E-state index in [4.69, 9.17) is 33.2 Å². The highest BCUT2D eigenvalue weighted by atomic mass is 35.5. The molecule has 0 spiro atoms. The van der Waals surface area contributed by atoms with Gasteiger partial charge in [-0.25, -0.2) is 0 Å². The van der Waals surface area contributed by atoms with Gasteiger partial charge in [0.2, 0.25) is 24.6 Å². The van der Waals surface area contributed by atoms with Crippen LogP contribution < -0.4 is 66.8 Å². The molecule has 0 fully saturated rings. The summed E-state index contributed by atoms with van der Waals surface area (Å²) in [6, 6.07) is 24.1. The van der Waals surface area contributed by atoms with E-state index in [1.807, 2.05) is 71.5 Å². The van der Waals surface area contributed by atoms with Crippen LogP contribution in [0.2, 0.25) is 0 Å². The normalized spacial score (nSPS) is 12.5. The number of methoxy groups -OCH3 is 3. The summed E-state index contributed by atoms with van der Waals surface area (Å²) >= 11 is 0. The standard InChI is InChI=1S/C20H16NO4.C19H13NO4.2ClH/c1-22-17-4-3-12-7-16-14-9-19-18(24-11-25-19)8-13(14)5-6-21(16)10-15(12)20(17)23-2;1-22-16-3-2-11-6-15-13-8-18-17(23-10-24-18)7-12(13)4-5-20(15)9-14(11)19(16)21;;/h3-10H,11H2,1-2H3;2-9H,10H2,1H3;2*1H/q+1;;;/p-1. The summed E-state index contributed by atoms with van der Waals surface area (Å²) in [5.74, 6) is 5.18. The Balaban J connectivity index is 0.000000153. The van der Waals surface area contributed by atoms with Crippen molar-refractivity contribution in [3.05, 3.63) is 97.6 Å². The SMILES string of the molecule is COc1ccc2cc3c4cc5c(cc4cc[n+]3cc2c1O)OCO5.COc1ccc2cc3c4cc5c(cc4cc[n+]3cc2c1OC)OCO5.[Cl-].[Cl-]. The lowest BCUT2D eigenvalue weighted by molar-refractivity contribution is -0.509. The van der Waals surface area contributed by atoms with Gasteiger partial charge in [-0.15, -0.1) is 0 Å². The van der Waals surface area contributed by atoms with Gasteiger partial charge in [0.15, 0.2) is 70.8 Å². The second-order valence-electron chi connectivity index (χ2n) is 11.8. The number of benzene rings is 4. The van der Waals surface area contributed by atoms with Crippen LogP contribution in [0.1, 0.15) is 0 Å². The van der Waals surface area contributed by atoms with E-state index < -0.39 is 0 Å². The number of rotatable bonds is 3. The van der Waals surface area contributed by atoms with Crippen LogP contribution in [-0.2, 0) is 0 Å². The number of ether oxygens (including phenoxy) is 7. The van der Waals surface area contributed by atoms with Gasteiger partial charge in [0.1, 0.15) is 0 Å². The fourth-order valence-electron chi connectivity index (χ4n) is 6.75. The Morgan fingerprint density at radius 1 is 0.510 bits per heavy atom. The molecule has 0 bridgehead atoms. The minimum atomic E-state index is 0. The van der Waals surface area contributed by atoms with Crippen LogP contribution in [-0.4, -0.2) is 40.0 Å². The van der Waals surface area contributed by atoms with E-state index in [2.05, 4.69) is 28.8 Å². The molecule has 2 aliphatic rings. The molecule has 0 aliphatic carbocycles. The van der Waals surface area contributed by atoms with Gasteiger partial charge in [0, 0.05) is 24.3 Å². The van der Waals surface area contributed by atoms with Crippen molar-refractivity contribution in [1.82, 2.24) is 0 Å². The van der Waals surface area contributed by atoms with Gasteiger partial charge in [-0.3, -0.25) is 0 Å². The van der Waals surface area contributed by atoms with Gasteiger partial charge in [-0.05, 0) is 70.1 Å². The first-order valence-electron chi connectivity index (χ1n) is 15.6. The Labute approximate surface area is 303 Å². The fourth-order valence-corrected chi connectivity index (χ4v) is 6.75. The minimum Gasteiger partial charge on any atom is -1.00 e. The van der Waals surface area contributed by atoms with Gasteiger partial charge < -0.3 is 63.1 Å². The Kier molecular flexibility index (Phi) is 8.66. The number of fused-ring (bicyclic) bond motifs is 10. The number of phenolic OH excluding ortho intramolecular Hbond substituents is 1. The summed E-state index contributed by atoms with van der Waals surface area (Å²) in [4.78, 5) is 0. The van der Waals surface area contributed by atoms with Crippen LogP contribution in [0.5, 0.6) is 46.0 Å². The van der Waals surface area contributed by atoms with Crippen LogP contribution in [0.4, 0.5) is 0 Å². The molecule has 4 aromatic heterocycles. The molecule has 12 heteroatoms. The maximum atomic E-state index is 10.4. The second kappa shape index (κ2) is 13.1. The van der Waals surface area contributed by atoms with Crippen LogP contribution in [0.3, 0.4) is 0 Å².